The molecule has 3 atom stereocenters. The third-order valence-corrected chi connectivity index (χ3v) is 6.21. The number of hydrogen-bond donors (Lipinski definition) is 1. The summed E-state index contributed by atoms with van der Waals surface area (Å²) in [7, 11) is 1.59. The van der Waals surface area contributed by atoms with Crippen molar-refractivity contribution in [3.05, 3.63) is 48.2 Å². The minimum absolute atomic E-state index is 0.0369. The van der Waals surface area contributed by atoms with Crippen LogP contribution in [-0.4, -0.2) is 60.2 Å². The lowest BCUT2D eigenvalue weighted by molar-refractivity contribution is -0.211. The zero-order chi connectivity index (χ0) is 23.2. The van der Waals surface area contributed by atoms with Crippen LogP contribution >= 0.6 is 0 Å². The average Bonchev–Trinajstić information content (AvgIpc) is 3.25. The number of nitrogens with zero attached hydrogens (tertiary/aromatic N) is 3. The van der Waals surface area contributed by atoms with Gasteiger partial charge in [0.15, 0.2) is 0 Å². The first-order valence-corrected chi connectivity index (χ1v) is 10.8. The molecule has 2 aliphatic rings. The van der Waals surface area contributed by atoms with E-state index in [4.69, 9.17) is 14.2 Å². The number of halogens is 3. The van der Waals surface area contributed by atoms with Gasteiger partial charge in [-0.25, -0.2) is 0 Å². The SMILES string of the molecule is COc1ccc2c(c1)OCC(N1CCOC(C)C1)C2Nc1cccc2nn(C(F)(F)F)cc12. The van der Waals surface area contributed by atoms with Gasteiger partial charge in [-0.05, 0) is 31.2 Å². The molecule has 1 aromatic heterocycles. The molecule has 2 aliphatic heterocycles. The number of benzene rings is 2. The van der Waals surface area contributed by atoms with Gasteiger partial charge < -0.3 is 19.5 Å². The van der Waals surface area contributed by atoms with E-state index in [1.165, 1.54) is 0 Å². The first kappa shape index (κ1) is 21.8. The Morgan fingerprint density at radius 1 is 1.21 bits per heavy atom. The van der Waals surface area contributed by atoms with Crippen molar-refractivity contribution in [1.82, 2.24) is 14.7 Å². The summed E-state index contributed by atoms with van der Waals surface area (Å²) in [4.78, 5) is 2.32. The second kappa shape index (κ2) is 8.42. The van der Waals surface area contributed by atoms with Crippen LogP contribution in [0.4, 0.5) is 18.9 Å². The van der Waals surface area contributed by atoms with E-state index in [2.05, 4.69) is 15.3 Å². The molecule has 3 aromatic rings. The molecule has 3 heterocycles. The third kappa shape index (κ3) is 4.20. The standard InChI is InChI=1S/C23H25F3N4O3/c1-14-11-29(8-9-32-14)20-13-33-21-10-15(31-2)6-7-16(21)22(20)27-18-4-3-5-19-17(18)12-30(28-19)23(24,25)26/h3-7,10,12,14,20,22,27H,8-9,11,13H2,1-2H3. The lowest BCUT2D eigenvalue weighted by atomic mass is 9.93. The number of rotatable bonds is 4. The molecule has 0 bridgehead atoms. The Balaban J connectivity index is 1.55. The third-order valence-electron chi connectivity index (χ3n) is 6.21. The van der Waals surface area contributed by atoms with E-state index in [-0.39, 0.29) is 28.4 Å². The van der Waals surface area contributed by atoms with Crippen molar-refractivity contribution >= 4 is 16.6 Å². The molecule has 5 rings (SSSR count). The maximum absolute atomic E-state index is 13.3. The van der Waals surface area contributed by atoms with Crippen LogP contribution in [0.3, 0.4) is 0 Å². The number of alkyl halides is 3. The molecular weight excluding hydrogens is 437 g/mol. The van der Waals surface area contributed by atoms with Crippen LogP contribution < -0.4 is 14.8 Å². The Hall–Kier alpha value is -2.98. The van der Waals surface area contributed by atoms with Crippen LogP contribution in [0.25, 0.3) is 10.9 Å². The smallest absolute Gasteiger partial charge is 0.497 e. The zero-order valence-electron chi connectivity index (χ0n) is 18.3. The summed E-state index contributed by atoms with van der Waals surface area (Å²) in [5, 5.41) is 7.64. The molecule has 0 saturated carbocycles. The van der Waals surface area contributed by atoms with Crippen LogP contribution in [0.5, 0.6) is 11.5 Å². The van der Waals surface area contributed by atoms with Crippen molar-refractivity contribution in [1.29, 1.82) is 0 Å². The van der Waals surface area contributed by atoms with E-state index in [1.54, 1.807) is 25.3 Å². The van der Waals surface area contributed by atoms with Crippen molar-refractivity contribution in [3.63, 3.8) is 0 Å². The molecule has 0 spiro atoms. The molecule has 176 valence electrons. The van der Waals surface area contributed by atoms with Gasteiger partial charge >= 0.3 is 6.30 Å². The van der Waals surface area contributed by atoms with Gasteiger partial charge in [0.1, 0.15) is 18.1 Å². The molecule has 10 heteroatoms. The van der Waals surface area contributed by atoms with E-state index < -0.39 is 6.30 Å². The predicted octanol–water partition coefficient (Wildman–Crippen LogP) is 4.16. The Labute approximate surface area is 189 Å². The van der Waals surface area contributed by atoms with Crippen molar-refractivity contribution in [2.45, 2.75) is 31.4 Å². The van der Waals surface area contributed by atoms with E-state index >= 15 is 0 Å². The summed E-state index contributed by atoms with van der Waals surface area (Å²) in [5.74, 6) is 1.38. The van der Waals surface area contributed by atoms with E-state index in [0.717, 1.165) is 24.8 Å². The summed E-state index contributed by atoms with van der Waals surface area (Å²) in [6.45, 7) is 4.58. The summed E-state index contributed by atoms with van der Waals surface area (Å²) < 4.78 is 57.0. The topological polar surface area (TPSA) is 60.8 Å². The number of morpholine rings is 1. The summed E-state index contributed by atoms with van der Waals surface area (Å²) in [5.41, 5.74) is 1.78. The molecule has 2 aromatic carbocycles. The Kier molecular flexibility index (Phi) is 5.57. The lowest BCUT2D eigenvalue weighted by Gasteiger charge is -2.44. The highest BCUT2D eigenvalue weighted by molar-refractivity contribution is 5.91. The van der Waals surface area contributed by atoms with Crippen molar-refractivity contribution in [2.24, 2.45) is 0 Å². The summed E-state index contributed by atoms with van der Waals surface area (Å²) >= 11 is 0. The molecule has 0 radical (unpaired) electrons. The van der Waals surface area contributed by atoms with Crippen LogP contribution in [-0.2, 0) is 11.0 Å². The normalized spacial score (nSPS) is 23.7. The molecule has 33 heavy (non-hydrogen) atoms. The van der Waals surface area contributed by atoms with Gasteiger partial charge in [0.05, 0.1) is 37.4 Å². The van der Waals surface area contributed by atoms with Gasteiger partial charge in [-0.1, -0.05) is 6.07 Å². The molecular formula is C23H25F3N4O3. The van der Waals surface area contributed by atoms with Gasteiger partial charge in [-0.3, -0.25) is 4.90 Å². The van der Waals surface area contributed by atoms with Crippen LogP contribution in [0.2, 0.25) is 0 Å². The van der Waals surface area contributed by atoms with Crippen molar-refractivity contribution < 1.29 is 27.4 Å². The molecule has 1 saturated heterocycles. The van der Waals surface area contributed by atoms with Crippen LogP contribution in [0.1, 0.15) is 18.5 Å². The highest BCUT2D eigenvalue weighted by Gasteiger charge is 2.38. The summed E-state index contributed by atoms with van der Waals surface area (Å²) in [6, 6.07) is 10.5. The molecule has 7 nitrogen and oxygen atoms in total. The van der Waals surface area contributed by atoms with Crippen molar-refractivity contribution in [2.75, 3.05) is 38.7 Å². The van der Waals surface area contributed by atoms with Crippen LogP contribution in [0.15, 0.2) is 42.6 Å². The number of aromatic nitrogens is 2. The Morgan fingerprint density at radius 3 is 2.82 bits per heavy atom. The Morgan fingerprint density at radius 2 is 2.06 bits per heavy atom. The fourth-order valence-electron chi connectivity index (χ4n) is 4.61. The van der Waals surface area contributed by atoms with E-state index in [1.807, 2.05) is 25.1 Å². The minimum Gasteiger partial charge on any atom is -0.497 e. The number of fused-ring (bicyclic) bond motifs is 2. The molecule has 0 aliphatic carbocycles. The molecule has 0 amide bonds. The summed E-state index contributed by atoms with van der Waals surface area (Å²) in [6.07, 6.45) is -3.47. The highest BCUT2D eigenvalue weighted by atomic mass is 19.4. The molecule has 3 unspecified atom stereocenters. The number of anilines is 1. The number of hydrogen-bond acceptors (Lipinski definition) is 6. The average molecular weight is 462 g/mol. The number of methoxy groups -OCH3 is 1. The fourth-order valence-corrected chi connectivity index (χ4v) is 4.61. The van der Waals surface area contributed by atoms with Crippen molar-refractivity contribution in [3.8, 4) is 11.5 Å². The van der Waals surface area contributed by atoms with Gasteiger partial charge in [-0.15, -0.1) is 13.2 Å². The van der Waals surface area contributed by atoms with Gasteiger partial charge in [0.2, 0.25) is 0 Å². The lowest BCUT2D eigenvalue weighted by Crippen LogP contribution is -2.54. The van der Waals surface area contributed by atoms with E-state index in [0.29, 0.717) is 35.8 Å². The monoisotopic (exact) mass is 462 g/mol. The van der Waals surface area contributed by atoms with Gasteiger partial charge in [0, 0.05) is 42.0 Å². The number of ether oxygens (including phenoxy) is 3. The zero-order valence-corrected chi connectivity index (χ0v) is 18.3. The first-order chi connectivity index (χ1) is 15.8. The fraction of sp³-hybridized carbons (Fsp3) is 0.435. The second-order valence-corrected chi connectivity index (χ2v) is 8.36. The predicted molar refractivity (Wildman–Crippen MR) is 117 cm³/mol. The number of nitrogens with one attached hydrogen (secondary N) is 1. The minimum atomic E-state index is -4.58. The van der Waals surface area contributed by atoms with E-state index in [9.17, 15) is 13.2 Å². The largest absolute Gasteiger partial charge is 0.504 e. The first-order valence-electron chi connectivity index (χ1n) is 10.8. The Bertz CT molecular complexity index is 1150. The van der Waals surface area contributed by atoms with Crippen LogP contribution in [0, 0.1) is 0 Å². The maximum atomic E-state index is 13.3. The van der Waals surface area contributed by atoms with Gasteiger partial charge in [-0.2, -0.15) is 9.78 Å². The highest BCUT2D eigenvalue weighted by Crippen LogP contribution is 2.40. The molecule has 1 fully saturated rings. The maximum Gasteiger partial charge on any atom is 0.504 e. The quantitative estimate of drug-likeness (QED) is 0.629. The van der Waals surface area contributed by atoms with Gasteiger partial charge in [0.25, 0.3) is 0 Å². The second-order valence-electron chi connectivity index (χ2n) is 8.36. The molecule has 1 N–H and O–H groups in total.